The molecule has 4 heterocycles. The van der Waals surface area contributed by atoms with Gasteiger partial charge < -0.3 is 25.3 Å². The van der Waals surface area contributed by atoms with E-state index >= 15 is 0 Å². The van der Waals surface area contributed by atoms with E-state index in [1.165, 1.54) is 6.33 Å². The number of aliphatic hydroxyl groups is 1. The van der Waals surface area contributed by atoms with Crippen molar-refractivity contribution in [3.05, 3.63) is 94.9 Å². The minimum atomic E-state index is -0.787. The fourth-order valence-electron chi connectivity index (χ4n) is 6.95. The lowest BCUT2D eigenvalue weighted by molar-refractivity contribution is -0.147. The van der Waals surface area contributed by atoms with Crippen molar-refractivity contribution in [3.63, 3.8) is 0 Å². The highest BCUT2D eigenvalue weighted by molar-refractivity contribution is 5.89. The monoisotopic (exact) mass is 696 g/mol. The van der Waals surface area contributed by atoms with Crippen molar-refractivity contribution < 1.29 is 19.4 Å². The average Bonchev–Trinajstić information content (AvgIpc) is 3.73. The predicted octanol–water partition coefficient (Wildman–Crippen LogP) is 6.50. The molecule has 264 valence electrons. The number of nitrogens with one attached hydrogen (secondary N) is 2. The molecule has 0 spiro atoms. The van der Waals surface area contributed by atoms with Crippen LogP contribution in [-0.4, -0.2) is 66.8 Å². The van der Waals surface area contributed by atoms with Gasteiger partial charge in [-0.05, 0) is 104 Å². The van der Waals surface area contributed by atoms with Crippen LogP contribution < -0.4 is 10.6 Å². The molecule has 1 aliphatic heterocycles. The van der Waals surface area contributed by atoms with E-state index in [0.29, 0.717) is 78.5 Å². The van der Waals surface area contributed by atoms with Crippen molar-refractivity contribution in [2.75, 3.05) is 25.0 Å². The molecule has 0 radical (unpaired) electrons. The Hall–Kier alpha value is -5.74. The van der Waals surface area contributed by atoms with Crippen LogP contribution in [0.25, 0.3) is 44.7 Å². The van der Waals surface area contributed by atoms with Crippen molar-refractivity contribution in [3.8, 4) is 28.7 Å². The summed E-state index contributed by atoms with van der Waals surface area (Å²) in [5, 5.41) is 35.9. The Labute approximate surface area is 301 Å². The molecular formula is C40H40N8O4. The topological polar surface area (TPSA) is 173 Å². The number of nitriles is 1. The van der Waals surface area contributed by atoms with Crippen molar-refractivity contribution >= 4 is 39.6 Å². The Morgan fingerprint density at radius 3 is 2.54 bits per heavy atom. The summed E-state index contributed by atoms with van der Waals surface area (Å²) in [4.78, 5) is 32.4. The normalized spacial score (nSPS) is 16.7. The third-order valence-electron chi connectivity index (χ3n) is 9.89. The molecule has 1 saturated heterocycles. The molecule has 0 bridgehead atoms. The molecule has 52 heavy (non-hydrogen) atoms. The minimum absolute atomic E-state index is 0.394. The van der Waals surface area contributed by atoms with Crippen molar-refractivity contribution in [2.24, 2.45) is 5.41 Å². The van der Waals surface area contributed by atoms with Gasteiger partial charge in [0.2, 0.25) is 5.89 Å². The van der Waals surface area contributed by atoms with Gasteiger partial charge in [0.25, 0.3) is 0 Å². The lowest BCUT2D eigenvalue weighted by Gasteiger charge is -2.20. The molecule has 12 heteroatoms. The standard InChI is InChI=1S/C40H40N8O4/c1-23(49)17-42-18-27-15-33-35(43-19-27)37(45-22-44-33)46-32-10-6-8-30(25(32)3)29-7-5-9-31(24(29)2)38-47-34-14-26(13-28(16-41)36(34)52-38)20-48-12-11-40(4,21-48)39(50)51/h5-10,13-15,19,22-23,42,49H,11-12,17-18,20-21H2,1-4H3,(H,50,51)(H,44,45,46)/t23-,40+/m0/s1. The number of fused-ring (bicyclic) bond motifs is 2. The molecule has 1 fully saturated rings. The Morgan fingerprint density at radius 2 is 1.79 bits per heavy atom. The molecule has 7 rings (SSSR count). The zero-order chi connectivity index (χ0) is 36.6. The number of carboxylic acid groups (broad SMARTS) is 1. The Kier molecular flexibility index (Phi) is 9.42. The van der Waals surface area contributed by atoms with Crippen LogP contribution in [0.5, 0.6) is 0 Å². The molecule has 0 unspecified atom stereocenters. The third kappa shape index (κ3) is 6.81. The highest BCUT2D eigenvalue weighted by atomic mass is 16.4. The summed E-state index contributed by atoms with van der Waals surface area (Å²) >= 11 is 0. The summed E-state index contributed by atoms with van der Waals surface area (Å²) in [6.07, 6.45) is 3.46. The molecule has 1 aliphatic rings. The second kappa shape index (κ2) is 14.1. The summed E-state index contributed by atoms with van der Waals surface area (Å²) in [5.74, 6) is 0.234. The van der Waals surface area contributed by atoms with Crippen molar-refractivity contribution in [2.45, 2.75) is 53.3 Å². The number of pyridine rings is 1. The number of oxazole rings is 1. The number of nitrogens with zero attached hydrogens (tertiary/aromatic N) is 6. The summed E-state index contributed by atoms with van der Waals surface area (Å²) in [5.41, 5.74) is 9.58. The number of hydrogen-bond donors (Lipinski definition) is 4. The number of aliphatic carboxylic acids is 1. The van der Waals surface area contributed by atoms with Gasteiger partial charge in [0.05, 0.1) is 22.6 Å². The van der Waals surface area contributed by atoms with Gasteiger partial charge in [-0.25, -0.2) is 15.0 Å². The first-order valence-corrected chi connectivity index (χ1v) is 17.3. The van der Waals surface area contributed by atoms with Crippen LogP contribution in [0, 0.1) is 30.6 Å². The molecule has 6 aromatic rings. The number of benzene rings is 3. The Balaban J connectivity index is 1.16. The minimum Gasteiger partial charge on any atom is -0.481 e. The second-order valence-electron chi connectivity index (χ2n) is 13.9. The fourth-order valence-corrected chi connectivity index (χ4v) is 6.95. The number of aliphatic hydroxyl groups excluding tert-OH is 1. The van der Waals surface area contributed by atoms with E-state index in [1.54, 1.807) is 20.0 Å². The van der Waals surface area contributed by atoms with E-state index in [4.69, 9.17) is 9.40 Å². The Bertz CT molecular complexity index is 2360. The fraction of sp³-hybridized carbons (Fsp3) is 0.300. The lowest BCUT2D eigenvalue weighted by atomic mass is 9.90. The highest BCUT2D eigenvalue weighted by Crippen LogP contribution is 2.38. The van der Waals surface area contributed by atoms with Crippen molar-refractivity contribution in [1.29, 1.82) is 5.26 Å². The number of aromatic nitrogens is 4. The van der Waals surface area contributed by atoms with Crippen LogP contribution in [0.2, 0.25) is 0 Å². The Morgan fingerprint density at radius 1 is 1.04 bits per heavy atom. The maximum absolute atomic E-state index is 11.8. The highest BCUT2D eigenvalue weighted by Gasteiger charge is 2.40. The quantitative estimate of drug-likeness (QED) is 0.116. The van der Waals surface area contributed by atoms with Crippen LogP contribution in [0.15, 0.2) is 71.5 Å². The first-order chi connectivity index (χ1) is 25.0. The number of anilines is 2. The molecule has 2 atom stereocenters. The molecule has 0 aliphatic carbocycles. The first kappa shape index (κ1) is 34.7. The van der Waals surface area contributed by atoms with Gasteiger partial charge in [0.15, 0.2) is 11.4 Å². The number of rotatable bonds is 11. The van der Waals surface area contributed by atoms with E-state index in [9.17, 15) is 20.3 Å². The van der Waals surface area contributed by atoms with Crippen LogP contribution >= 0.6 is 0 Å². The van der Waals surface area contributed by atoms with Gasteiger partial charge in [-0.15, -0.1) is 0 Å². The molecule has 0 amide bonds. The smallest absolute Gasteiger partial charge is 0.310 e. The summed E-state index contributed by atoms with van der Waals surface area (Å²) in [7, 11) is 0. The van der Waals surface area contributed by atoms with E-state index in [-0.39, 0.29) is 0 Å². The maximum Gasteiger partial charge on any atom is 0.310 e. The van der Waals surface area contributed by atoms with Gasteiger partial charge >= 0.3 is 5.97 Å². The lowest BCUT2D eigenvalue weighted by Crippen LogP contribution is -2.31. The molecule has 3 aromatic heterocycles. The van der Waals surface area contributed by atoms with Crippen LogP contribution in [0.1, 0.15) is 48.1 Å². The largest absolute Gasteiger partial charge is 0.481 e. The summed E-state index contributed by atoms with van der Waals surface area (Å²) < 4.78 is 6.28. The van der Waals surface area contributed by atoms with Crippen LogP contribution in [-0.2, 0) is 17.9 Å². The van der Waals surface area contributed by atoms with Crippen LogP contribution in [0.4, 0.5) is 11.5 Å². The van der Waals surface area contributed by atoms with Gasteiger partial charge in [-0.1, -0.05) is 24.3 Å². The van der Waals surface area contributed by atoms with E-state index in [0.717, 1.165) is 44.6 Å². The number of likely N-dealkylation sites (tertiary alicyclic amines) is 1. The van der Waals surface area contributed by atoms with Crippen molar-refractivity contribution in [1.82, 2.24) is 30.2 Å². The summed E-state index contributed by atoms with van der Waals surface area (Å²) in [6.45, 7) is 10.3. The molecular weight excluding hydrogens is 656 g/mol. The molecule has 3 aromatic carbocycles. The molecule has 12 nitrogen and oxygen atoms in total. The van der Waals surface area contributed by atoms with Gasteiger partial charge in [0, 0.05) is 43.6 Å². The number of carbonyl (C=O) groups is 1. The average molecular weight is 697 g/mol. The van der Waals surface area contributed by atoms with Gasteiger partial charge in [0.1, 0.15) is 23.4 Å². The maximum atomic E-state index is 11.8. The summed E-state index contributed by atoms with van der Waals surface area (Å²) in [6, 6.07) is 20.1. The van der Waals surface area contributed by atoms with Gasteiger partial charge in [-0.3, -0.25) is 14.7 Å². The second-order valence-corrected chi connectivity index (χ2v) is 13.9. The van der Waals surface area contributed by atoms with E-state index < -0.39 is 17.5 Å². The zero-order valence-corrected chi connectivity index (χ0v) is 29.6. The third-order valence-corrected chi connectivity index (χ3v) is 9.89. The molecule has 0 saturated carbocycles. The number of hydrogen-bond acceptors (Lipinski definition) is 11. The van der Waals surface area contributed by atoms with E-state index in [2.05, 4.69) is 55.6 Å². The first-order valence-electron chi connectivity index (χ1n) is 17.3. The van der Waals surface area contributed by atoms with E-state index in [1.807, 2.05) is 49.4 Å². The molecule has 4 N–H and O–H groups in total. The zero-order valence-electron chi connectivity index (χ0n) is 29.6. The van der Waals surface area contributed by atoms with Gasteiger partial charge in [-0.2, -0.15) is 5.26 Å². The SMILES string of the molecule is Cc1c(Nc2ncnc3cc(CNC[C@H](C)O)cnc23)cccc1-c1cccc(-c2nc3cc(CN4CC[C@@](C)(C(=O)O)C4)cc(C#N)c3o2)c1C. The number of carboxylic acids is 1. The van der Waals surface area contributed by atoms with Crippen LogP contribution in [0.3, 0.4) is 0 Å². The predicted molar refractivity (Wildman–Crippen MR) is 199 cm³/mol.